The molecule has 1 amide bonds. The molecule has 0 radical (unpaired) electrons. The van der Waals surface area contributed by atoms with Crippen molar-refractivity contribution in [3.05, 3.63) is 47.7 Å². The molecule has 2 aromatic rings. The minimum atomic E-state index is -0.979. The molecule has 0 saturated carbocycles. The maximum absolute atomic E-state index is 11.7. The van der Waals surface area contributed by atoms with Crippen LogP contribution in [0.2, 0.25) is 0 Å². The SMILES string of the molecule is CN(C)C(=O)c1ccc(Nc2ccc(C(=O)O)cc2)nn1. The van der Waals surface area contributed by atoms with E-state index in [1.54, 1.807) is 38.4 Å². The average Bonchev–Trinajstić information content (AvgIpc) is 2.47. The van der Waals surface area contributed by atoms with Gasteiger partial charge in [-0.25, -0.2) is 4.79 Å². The smallest absolute Gasteiger partial charge is 0.335 e. The van der Waals surface area contributed by atoms with E-state index < -0.39 is 5.97 Å². The first-order valence-corrected chi connectivity index (χ1v) is 6.13. The molecular formula is C14H14N4O3. The third-order valence-electron chi connectivity index (χ3n) is 2.69. The highest BCUT2D eigenvalue weighted by atomic mass is 16.4. The van der Waals surface area contributed by atoms with Gasteiger partial charge < -0.3 is 15.3 Å². The number of nitrogens with one attached hydrogen (secondary N) is 1. The lowest BCUT2D eigenvalue weighted by atomic mass is 10.2. The fourth-order valence-electron chi connectivity index (χ4n) is 1.59. The Morgan fingerprint density at radius 1 is 1.05 bits per heavy atom. The van der Waals surface area contributed by atoms with E-state index in [-0.39, 0.29) is 17.2 Å². The number of rotatable bonds is 4. The Kier molecular flexibility index (Phi) is 4.13. The van der Waals surface area contributed by atoms with E-state index >= 15 is 0 Å². The molecule has 0 atom stereocenters. The molecule has 0 unspecified atom stereocenters. The van der Waals surface area contributed by atoms with Gasteiger partial charge in [-0.15, -0.1) is 10.2 Å². The van der Waals surface area contributed by atoms with Crippen LogP contribution in [0.25, 0.3) is 0 Å². The van der Waals surface area contributed by atoms with Crippen LogP contribution < -0.4 is 5.32 Å². The van der Waals surface area contributed by atoms with Gasteiger partial charge in [-0.1, -0.05) is 0 Å². The zero-order chi connectivity index (χ0) is 15.4. The Labute approximate surface area is 121 Å². The first kappa shape index (κ1) is 14.4. The standard InChI is InChI=1S/C14H14N4O3/c1-18(2)13(19)11-7-8-12(17-16-11)15-10-5-3-9(4-6-10)14(20)21/h3-8H,1-2H3,(H,15,17)(H,20,21). The van der Waals surface area contributed by atoms with Crippen molar-refractivity contribution in [2.45, 2.75) is 0 Å². The van der Waals surface area contributed by atoms with Crippen molar-refractivity contribution in [1.82, 2.24) is 15.1 Å². The molecule has 0 aliphatic rings. The summed E-state index contributed by atoms with van der Waals surface area (Å²) in [6, 6.07) is 9.44. The van der Waals surface area contributed by atoms with Crippen molar-refractivity contribution in [3.63, 3.8) is 0 Å². The number of amides is 1. The Bertz CT molecular complexity index is 651. The zero-order valence-corrected chi connectivity index (χ0v) is 11.6. The molecule has 0 aliphatic carbocycles. The second-order valence-electron chi connectivity index (χ2n) is 4.51. The van der Waals surface area contributed by atoms with Gasteiger partial charge in [0.2, 0.25) is 0 Å². The summed E-state index contributed by atoms with van der Waals surface area (Å²) in [7, 11) is 3.28. The van der Waals surface area contributed by atoms with E-state index in [1.165, 1.54) is 17.0 Å². The van der Waals surface area contributed by atoms with Crippen LogP contribution in [0.5, 0.6) is 0 Å². The number of carboxylic acid groups (broad SMARTS) is 1. The summed E-state index contributed by atoms with van der Waals surface area (Å²) >= 11 is 0. The van der Waals surface area contributed by atoms with Crippen LogP contribution in [0.1, 0.15) is 20.8 Å². The van der Waals surface area contributed by atoms with Gasteiger partial charge in [0.15, 0.2) is 11.5 Å². The van der Waals surface area contributed by atoms with Gasteiger partial charge in [0, 0.05) is 19.8 Å². The minimum Gasteiger partial charge on any atom is -0.478 e. The minimum absolute atomic E-state index is 0.207. The van der Waals surface area contributed by atoms with Crippen molar-refractivity contribution >= 4 is 23.4 Å². The van der Waals surface area contributed by atoms with Gasteiger partial charge in [-0.3, -0.25) is 4.79 Å². The van der Waals surface area contributed by atoms with Gasteiger partial charge in [0.25, 0.3) is 5.91 Å². The molecule has 1 aromatic heterocycles. The maximum Gasteiger partial charge on any atom is 0.335 e. The second kappa shape index (κ2) is 6.00. The van der Waals surface area contributed by atoms with Crippen LogP contribution in [0.15, 0.2) is 36.4 Å². The molecule has 0 fully saturated rings. The van der Waals surface area contributed by atoms with Gasteiger partial charge >= 0.3 is 5.97 Å². The quantitative estimate of drug-likeness (QED) is 0.886. The zero-order valence-electron chi connectivity index (χ0n) is 11.6. The van der Waals surface area contributed by atoms with Crippen molar-refractivity contribution in [3.8, 4) is 0 Å². The molecule has 2 rings (SSSR count). The highest BCUT2D eigenvalue weighted by Crippen LogP contribution is 2.15. The Morgan fingerprint density at radius 3 is 2.19 bits per heavy atom. The molecule has 0 saturated heterocycles. The fourth-order valence-corrected chi connectivity index (χ4v) is 1.59. The van der Waals surface area contributed by atoms with Crippen LogP contribution in [-0.4, -0.2) is 46.2 Å². The molecule has 21 heavy (non-hydrogen) atoms. The molecule has 2 N–H and O–H groups in total. The number of benzene rings is 1. The van der Waals surface area contributed by atoms with E-state index in [9.17, 15) is 9.59 Å². The lowest BCUT2D eigenvalue weighted by Gasteiger charge is -2.09. The van der Waals surface area contributed by atoms with Crippen molar-refractivity contribution in [2.24, 2.45) is 0 Å². The summed E-state index contributed by atoms with van der Waals surface area (Å²) in [5.41, 5.74) is 1.14. The summed E-state index contributed by atoms with van der Waals surface area (Å²) in [6.45, 7) is 0. The van der Waals surface area contributed by atoms with Crippen LogP contribution in [-0.2, 0) is 0 Å². The maximum atomic E-state index is 11.7. The number of hydrogen-bond acceptors (Lipinski definition) is 5. The number of nitrogens with zero attached hydrogens (tertiary/aromatic N) is 3. The highest BCUT2D eigenvalue weighted by molar-refractivity contribution is 5.92. The number of hydrogen-bond donors (Lipinski definition) is 2. The van der Waals surface area contributed by atoms with E-state index in [1.807, 2.05) is 0 Å². The summed E-state index contributed by atoms with van der Waals surface area (Å²) in [4.78, 5) is 23.8. The molecule has 0 bridgehead atoms. The third kappa shape index (κ3) is 3.53. The van der Waals surface area contributed by atoms with Gasteiger partial charge in [0.05, 0.1) is 5.56 Å². The number of anilines is 2. The number of carbonyl (C=O) groups excluding carboxylic acids is 1. The molecule has 7 nitrogen and oxygen atoms in total. The third-order valence-corrected chi connectivity index (χ3v) is 2.69. The average molecular weight is 286 g/mol. The number of carbonyl (C=O) groups is 2. The van der Waals surface area contributed by atoms with Crippen LogP contribution in [0.4, 0.5) is 11.5 Å². The summed E-state index contributed by atoms with van der Waals surface area (Å²) in [6.07, 6.45) is 0. The predicted molar refractivity (Wildman–Crippen MR) is 76.7 cm³/mol. The molecule has 7 heteroatoms. The van der Waals surface area contributed by atoms with Crippen molar-refractivity contribution < 1.29 is 14.7 Å². The van der Waals surface area contributed by atoms with Crippen LogP contribution >= 0.6 is 0 Å². The number of carboxylic acids is 1. The second-order valence-corrected chi connectivity index (χ2v) is 4.51. The molecule has 0 aliphatic heterocycles. The van der Waals surface area contributed by atoms with Crippen LogP contribution in [0.3, 0.4) is 0 Å². The van der Waals surface area contributed by atoms with Crippen LogP contribution in [0, 0.1) is 0 Å². The van der Waals surface area contributed by atoms with Gasteiger partial charge in [0.1, 0.15) is 0 Å². The fraction of sp³-hybridized carbons (Fsp3) is 0.143. The van der Waals surface area contributed by atoms with E-state index in [0.29, 0.717) is 11.5 Å². The van der Waals surface area contributed by atoms with Crippen molar-refractivity contribution in [2.75, 3.05) is 19.4 Å². The molecule has 108 valence electrons. The highest BCUT2D eigenvalue weighted by Gasteiger charge is 2.10. The first-order chi connectivity index (χ1) is 9.97. The molecule has 0 spiro atoms. The van der Waals surface area contributed by atoms with Gasteiger partial charge in [-0.2, -0.15) is 0 Å². The number of aromatic carboxylic acids is 1. The predicted octanol–water partition coefficient (Wildman–Crippen LogP) is 1.62. The monoisotopic (exact) mass is 286 g/mol. The summed E-state index contributed by atoms with van der Waals surface area (Å²) in [5.74, 6) is -0.735. The van der Waals surface area contributed by atoms with Crippen molar-refractivity contribution in [1.29, 1.82) is 0 Å². The van der Waals surface area contributed by atoms with E-state index in [4.69, 9.17) is 5.11 Å². The van der Waals surface area contributed by atoms with E-state index in [2.05, 4.69) is 15.5 Å². The summed E-state index contributed by atoms with van der Waals surface area (Å²) in [5, 5.41) is 19.5. The molecule has 1 heterocycles. The lowest BCUT2D eigenvalue weighted by molar-refractivity contribution is 0.0696. The Hall–Kier alpha value is -2.96. The normalized spacial score (nSPS) is 10.0. The molecular weight excluding hydrogens is 272 g/mol. The van der Waals surface area contributed by atoms with Gasteiger partial charge in [-0.05, 0) is 36.4 Å². The molecule has 1 aromatic carbocycles. The van der Waals surface area contributed by atoms with E-state index in [0.717, 1.165) is 0 Å². The largest absolute Gasteiger partial charge is 0.478 e. The Morgan fingerprint density at radius 2 is 1.71 bits per heavy atom. The number of aromatic nitrogens is 2. The summed E-state index contributed by atoms with van der Waals surface area (Å²) < 4.78 is 0. The topological polar surface area (TPSA) is 95.4 Å². The Balaban J connectivity index is 2.09. The lowest BCUT2D eigenvalue weighted by Crippen LogP contribution is -2.23. The first-order valence-electron chi connectivity index (χ1n) is 6.13.